The molecule has 33 heavy (non-hydrogen) atoms. The number of halogens is 1. The van der Waals surface area contributed by atoms with Gasteiger partial charge in [-0.25, -0.2) is 13.9 Å². The molecule has 1 aromatic heterocycles. The van der Waals surface area contributed by atoms with Crippen LogP contribution in [0.3, 0.4) is 0 Å². The Morgan fingerprint density at radius 3 is 2.61 bits per heavy atom. The maximum Gasteiger partial charge on any atom is 0.306 e. The Balaban J connectivity index is 1.73. The molecule has 0 aliphatic carbocycles. The molecule has 180 valence electrons. The number of hydrogen-bond donors (Lipinski definition) is 2. The third-order valence-corrected chi connectivity index (χ3v) is 7.52. The zero-order valence-electron chi connectivity index (χ0n) is 19.6. The van der Waals surface area contributed by atoms with Crippen LogP contribution in [-0.2, 0) is 38.3 Å². The molecule has 0 fully saturated rings. The molecule has 0 spiro atoms. The van der Waals surface area contributed by atoms with Crippen LogP contribution in [0, 0.1) is 0 Å². The van der Waals surface area contributed by atoms with E-state index in [-0.39, 0.29) is 31.2 Å². The summed E-state index contributed by atoms with van der Waals surface area (Å²) in [5.41, 5.74) is -0.343. The molecule has 7 nitrogen and oxygen atoms in total. The molecule has 0 amide bonds. The van der Waals surface area contributed by atoms with Crippen molar-refractivity contribution in [3.8, 4) is 5.75 Å². The van der Waals surface area contributed by atoms with E-state index in [4.69, 9.17) is 21.1 Å². The maximum atomic E-state index is 12.7. The Morgan fingerprint density at radius 1 is 1.30 bits per heavy atom. The van der Waals surface area contributed by atoms with Gasteiger partial charge in [-0.1, -0.05) is 41.9 Å². The lowest BCUT2D eigenvalue weighted by molar-refractivity contribution is -0.146. The quantitative estimate of drug-likeness (QED) is 0.423. The standard InChI is InChI=1S/C24H31ClN2O5S/c1-22(2,3)33(30)27-23(4)15-32-20-17(23)13-18(26-21(20)25)24(5,29)12-11-19(28)31-14-16-9-7-6-8-10-16/h6-10,13,27,29H,11-12,14-15H2,1-5H3/t23-,24-,33?/m1/s1. The summed E-state index contributed by atoms with van der Waals surface area (Å²) in [4.78, 5) is 16.5. The fourth-order valence-corrected chi connectivity index (χ4v) is 4.48. The van der Waals surface area contributed by atoms with Crippen molar-refractivity contribution < 1.29 is 23.6 Å². The molecule has 1 aliphatic heterocycles. The maximum absolute atomic E-state index is 12.7. The van der Waals surface area contributed by atoms with Gasteiger partial charge in [-0.15, -0.1) is 0 Å². The van der Waals surface area contributed by atoms with E-state index in [0.29, 0.717) is 17.0 Å². The minimum absolute atomic E-state index is 0.0102. The molecule has 3 rings (SSSR count). The van der Waals surface area contributed by atoms with E-state index in [9.17, 15) is 14.1 Å². The number of esters is 1. The second-order valence-electron chi connectivity index (χ2n) is 9.70. The lowest BCUT2D eigenvalue weighted by Crippen LogP contribution is -2.47. The largest absolute Gasteiger partial charge is 0.488 e. The Labute approximate surface area is 202 Å². The van der Waals surface area contributed by atoms with Gasteiger partial charge in [0.1, 0.15) is 18.8 Å². The molecular formula is C24H31ClN2O5S. The van der Waals surface area contributed by atoms with Crippen LogP contribution in [0.4, 0.5) is 0 Å². The van der Waals surface area contributed by atoms with Crippen molar-refractivity contribution in [2.24, 2.45) is 0 Å². The van der Waals surface area contributed by atoms with Crippen molar-refractivity contribution in [2.75, 3.05) is 6.61 Å². The number of hydrogen-bond acceptors (Lipinski definition) is 6. The van der Waals surface area contributed by atoms with Crippen molar-refractivity contribution in [1.82, 2.24) is 9.71 Å². The number of pyridine rings is 1. The summed E-state index contributed by atoms with van der Waals surface area (Å²) in [6.07, 6.45) is 0.109. The van der Waals surface area contributed by atoms with Crippen LogP contribution in [0.15, 0.2) is 36.4 Å². The van der Waals surface area contributed by atoms with E-state index in [2.05, 4.69) is 9.71 Å². The lowest BCUT2D eigenvalue weighted by Gasteiger charge is -2.29. The summed E-state index contributed by atoms with van der Waals surface area (Å²) < 4.78 is 26.5. The molecule has 9 heteroatoms. The van der Waals surface area contributed by atoms with Gasteiger partial charge in [-0.05, 0) is 52.7 Å². The van der Waals surface area contributed by atoms with E-state index >= 15 is 0 Å². The highest BCUT2D eigenvalue weighted by Gasteiger charge is 2.42. The molecule has 2 N–H and O–H groups in total. The summed E-state index contributed by atoms with van der Waals surface area (Å²) in [6.45, 7) is 9.49. The van der Waals surface area contributed by atoms with Crippen molar-refractivity contribution >= 4 is 28.6 Å². The fourth-order valence-electron chi connectivity index (χ4n) is 3.35. The number of nitrogens with zero attached hydrogens (tertiary/aromatic N) is 1. The van der Waals surface area contributed by atoms with Gasteiger partial charge in [0.25, 0.3) is 0 Å². The molecule has 2 aromatic rings. The van der Waals surface area contributed by atoms with Gasteiger partial charge in [-0.3, -0.25) is 4.79 Å². The second-order valence-corrected chi connectivity index (χ2v) is 12.0. The van der Waals surface area contributed by atoms with Crippen LogP contribution in [-0.4, -0.2) is 31.6 Å². The first-order valence-electron chi connectivity index (χ1n) is 10.8. The van der Waals surface area contributed by atoms with Crippen molar-refractivity contribution in [1.29, 1.82) is 0 Å². The third-order valence-electron chi connectivity index (χ3n) is 5.52. The number of aliphatic hydroxyl groups is 1. The van der Waals surface area contributed by atoms with Crippen molar-refractivity contribution in [3.63, 3.8) is 0 Å². The summed E-state index contributed by atoms with van der Waals surface area (Å²) >= 11 is 6.37. The third kappa shape index (κ3) is 6.12. The Hall–Kier alpha value is -2.00. The number of fused-ring (bicyclic) bond motifs is 1. The minimum atomic E-state index is -1.43. The highest BCUT2D eigenvalue weighted by molar-refractivity contribution is 7.84. The van der Waals surface area contributed by atoms with Crippen LogP contribution >= 0.6 is 11.6 Å². The molecule has 0 radical (unpaired) electrons. The Kier molecular flexibility index (Phi) is 7.53. The summed E-state index contributed by atoms with van der Waals surface area (Å²) in [5.74, 6) is -0.0128. The zero-order chi connectivity index (χ0) is 24.4. The number of nitrogens with one attached hydrogen (secondary N) is 1. The van der Waals surface area contributed by atoms with Crippen LogP contribution in [0.5, 0.6) is 5.75 Å². The monoisotopic (exact) mass is 494 g/mol. The zero-order valence-corrected chi connectivity index (χ0v) is 21.2. The summed E-state index contributed by atoms with van der Waals surface area (Å²) in [6, 6.07) is 11.1. The van der Waals surface area contributed by atoms with Crippen molar-refractivity contribution in [2.45, 2.75) is 70.0 Å². The van der Waals surface area contributed by atoms with Gasteiger partial charge in [0.05, 0.1) is 27.0 Å². The smallest absolute Gasteiger partial charge is 0.306 e. The molecular weight excluding hydrogens is 464 g/mol. The topological polar surface area (TPSA) is 97.8 Å². The second kappa shape index (κ2) is 9.70. The molecule has 2 heterocycles. The number of carbonyl (C=O) groups excluding carboxylic acids is 1. The van der Waals surface area contributed by atoms with Crippen molar-refractivity contribution in [3.05, 3.63) is 58.4 Å². The molecule has 1 aromatic carbocycles. The average Bonchev–Trinajstić information content (AvgIpc) is 3.08. The number of carbonyl (C=O) groups is 1. The first kappa shape index (κ1) is 25.6. The fraction of sp³-hybridized carbons (Fsp3) is 0.500. The summed E-state index contributed by atoms with van der Waals surface area (Å²) in [7, 11) is -1.35. The normalized spacial score (nSPS) is 20.5. The number of benzene rings is 1. The van der Waals surface area contributed by atoms with Gasteiger partial charge in [0, 0.05) is 12.0 Å². The van der Waals surface area contributed by atoms with E-state index in [1.165, 1.54) is 0 Å². The molecule has 1 unspecified atom stereocenters. The average molecular weight is 495 g/mol. The summed E-state index contributed by atoms with van der Waals surface area (Å²) in [5, 5.41) is 11.2. The Morgan fingerprint density at radius 2 is 1.97 bits per heavy atom. The van der Waals surface area contributed by atoms with Crippen LogP contribution in [0.25, 0.3) is 0 Å². The molecule has 3 atom stereocenters. The number of ether oxygens (including phenoxy) is 2. The van der Waals surface area contributed by atoms with Gasteiger partial charge < -0.3 is 14.6 Å². The molecule has 0 saturated heterocycles. The first-order chi connectivity index (χ1) is 15.3. The van der Waals surface area contributed by atoms with E-state index < -0.39 is 32.8 Å². The number of aromatic nitrogens is 1. The highest BCUT2D eigenvalue weighted by Crippen LogP contribution is 2.43. The van der Waals surface area contributed by atoms with E-state index in [1.54, 1.807) is 13.0 Å². The highest BCUT2D eigenvalue weighted by atomic mass is 35.5. The first-order valence-corrected chi connectivity index (χ1v) is 12.3. The van der Waals surface area contributed by atoms with E-state index in [0.717, 1.165) is 5.56 Å². The predicted molar refractivity (Wildman–Crippen MR) is 128 cm³/mol. The SMILES string of the molecule is CC(C)(C)S(=O)N[C@]1(C)COc2c1cc([C@](C)(O)CCC(=O)OCc1ccccc1)nc2Cl. The van der Waals surface area contributed by atoms with E-state index in [1.807, 2.05) is 58.0 Å². The van der Waals surface area contributed by atoms with Gasteiger partial charge in [0.2, 0.25) is 0 Å². The van der Waals surface area contributed by atoms with Gasteiger partial charge >= 0.3 is 5.97 Å². The Bertz CT molecular complexity index is 1040. The van der Waals surface area contributed by atoms with Gasteiger partial charge in [0.15, 0.2) is 10.9 Å². The molecule has 0 saturated carbocycles. The molecule has 0 bridgehead atoms. The minimum Gasteiger partial charge on any atom is -0.488 e. The van der Waals surface area contributed by atoms with Crippen LogP contribution < -0.4 is 9.46 Å². The number of rotatable bonds is 8. The van der Waals surface area contributed by atoms with Gasteiger partial charge in [-0.2, -0.15) is 0 Å². The lowest BCUT2D eigenvalue weighted by atomic mass is 9.90. The predicted octanol–water partition coefficient (Wildman–Crippen LogP) is 4.13. The van der Waals surface area contributed by atoms with Crippen LogP contribution in [0.2, 0.25) is 5.15 Å². The molecule has 1 aliphatic rings. The van der Waals surface area contributed by atoms with Crippen LogP contribution in [0.1, 0.15) is 64.3 Å².